The molecule has 162 valence electrons. The van der Waals surface area contributed by atoms with Crippen LogP contribution >= 0.6 is 0 Å². The summed E-state index contributed by atoms with van der Waals surface area (Å²) < 4.78 is 47.8. The third kappa shape index (κ3) is 3.21. The van der Waals surface area contributed by atoms with Gasteiger partial charge in [-0.2, -0.15) is 13.2 Å². The van der Waals surface area contributed by atoms with Crippen LogP contribution < -0.4 is 4.74 Å². The number of hydrogen-bond donors (Lipinski definition) is 4. The standard InChI is InChI=1S/C19H11F3O9/c1-5-3-2-4-6-12(19(20,21)22)10-8(16(25)26)7(15(23)24)9(17(27)28)11(18(29)30)14(10)31-13(5)6/h2-4,12H,1H3,(H,23,24)(H,25,26)(H,27,28)(H,29,30). The van der Waals surface area contributed by atoms with Crippen LogP contribution in [-0.4, -0.2) is 50.5 Å². The van der Waals surface area contributed by atoms with Crippen LogP contribution in [0, 0.1) is 6.92 Å². The van der Waals surface area contributed by atoms with E-state index in [1.54, 1.807) is 0 Å². The van der Waals surface area contributed by atoms with Crippen molar-refractivity contribution in [3.05, 3.63) is 57.1 Å². The molecule has 0 aromatic heterocycles. The highest BCUT2D eigenvalue weighted by Gasteiger charge is 2.52. The van der Waals surface area contributed by atoms with Crippen LogP contribution in [0.3, 0.4) is 0 Å². The van der Waals surface area contributed by atoms with Gasteiger partial charge in [-0.1, -0.05) is 18.2 Å². The molecule has 0 amide bonds. The number of aryl methyl sites for hydroxylation is 1. The minimum absolute atomic E-state index is 0.129. The number of fused-ring (bicyclic) bond motifs is 2. The molecule has 0 saturated heterocycles. The van der Waals surface area contributed by atoms with Crippen LogP contribution in [0.4, 0.5) is 13.2 Å². The summed E-state index contributed by atoms with van der Waals surface area (Å²) in [4.78, 5) is 47.2. The molecule has 1 aliphatic rings. The predicted octanol–water partition coefficient (Wildman–Crippen LogP) is 3.59. The number of carboxylic acid groups (broad SMARTS) is 4. The largest absolute Gasteiger partial charge is 0.478 e. The summed E-state index contributed by atoms with van der Waals surface area (Å²) in [6, 6.07) is 3.55. The van der Waals surface area contributed by atoms with Crippen molar-refractivity contribution in [3.8, 4) is 11.5 Å². The van der Waals surface area contributed by atoms with E-state index in [0.717, 1.165) is 6.07 Å². The van der Waals surface area contributed by atoms with Gasteiger partial charge in [-0.05, 0) is 12.5 Å². The fourth-order valence-corrected chi connectivity index (χ4v) is 3.62. The first-order valence-corrected chi connectivity index (χ1v) is 8.30. The predicted molar refractivity (Wildman–Crippen MR) is 93.4 cm³/mol. The maximum Gasteiger partial charge on any atom is 0.399 e. The van der Waals surface area contributed by atoms with Crippen molar-refractivity contribution < 1.29 is 57.5 Å². The molecular formula is C19H11F3O9. The molecule has 0 saturated carbocycles. The Morgan fingerprint density at radius 2 is 1.29 bits per heavy atom. The molecular weight excluding hydrogens is 429 g/mol. The van der Waals surface area contributed by atoms with Gasteiger partial charge >= 0.3 is 30.1 Å². The van der Waals surface area contributed by atoms with E-state index in [-0.39, 0.29) is 5.56 Å². The summed E-state index contributed by atoms with van der Waals surface area (Å²) in [5.74, 6) is -13.1. The van der Waals surface area contributed by atoms with Gasteiger partial charge in [0.15, 0.2) is 0 Å². The Morgan fingerprint density at radius 1 is 0.806 bits per heavy atom. The molecule has 3 rings (SSSR count). The number of benzene rings is 2. The van der Waals surface area contributed by atoms with Crippen molar-refractivity contribution in [2.24, 2.45) is 0 Å². The minimum Gasteiger partial charge on any atom is -0.478 e. The van der Waals surface area contributed by atoms with Crippen LogP contribution in [0.25, 0.3) is 0 Å². The van der Waals surface area contributed by atoms with Crippen molar-refractivity contribution in [2.45, 2.75) is 19.0 Å². The number of hydrogen-bond acceptors (Lipinski definition) is 5. The van der Waals surface area contributed by atoms with Gasteiger partial charge in [0.05, 0.1) is 16.7 Å². The van der Waals surface area contributed by atoms with Gasteiger partial charge in [0, 0.05) is 11.1 Å². The summed E-state index contributed by atoms with van der Waals surface area (Å²) in [5.41, 5.74) is -7.74. The van der Waals surface area contributed by atoms with E-state index in [0.29, 0.717) is 0 Å². The normalized spacial score (nSPS) is 14.8. The maximum absolute atomic E-state index is 14.1. The summed E-state index contributed by atoms with van der Waals surface area (Å²) in [5, 5.41) is 38.0. The molecule has 0 aliphatic carbocycles. The molecule has 0 radical (unpaired) electrons. The first-order valence-electron chi connectivity index (χ1n) is 8.30. The van der Waals surface area contributed by atoms with Crippen molar-refractivity contribution in [3.63, 3.8) is 0 Å². The molecule has 0 fully saturated rings. The molecule has 1 aliphatic heterocycles. The molecule has 12 heteroatoms. The third-order valence-corrected chi connectivity index (χ3v) is 4.72. The van der Waals surface area contributed by atoms with E-state index in [1.807, 2.05) is 0 Å². The van der Waals surface area contributed by atoms with Gasteiger partial charge in [-0.3, -0.25) is 0 Å². The van der Waals surface area contributed by atoms with E-state index in [9.17, 15) is 52.8 Å². The fourth-order valence-electron chi connectivity index (χ4n) is 3.62. The molecule has 1 heterocycles. The van der Waals surface area contributed by atoms with Crippen molar-refractivity contribution in [2.75, 3.05) is 0 Å². The van der Waals surface area contributed by atoms with Crippen LogP contribution in [0.2, 0.25) is 0 Å². The number of para-hydroxylation sites is 1. The van der Waals surface area contributed by atoms with Gasteiger partial charge in [0.25, 0.3) is 0 Å². The Bertz CT molecular complexity index is 1180. The summed E-state index contributed by atoms with van der Waals surface area (Å²) >= 11 is 0. The Labute approximate surface area is 169 Å². The number of aromatic carboxylic acids is 4. The van der Waals surface area contributed by atoms with Crippen LogP contribution in [0.5, 0.6) is 11.5 Å². The zero-order valence-electron chi connectivity index (χ0n) is 15.3. The lowest BCUT2D eigenvalue weighted by molar-refractivity contribution is -0.142. The number of rotatable bonds is 4. The van der Waals surface area contributed by atoms with E-state index in [1.165, 1.54) is 19.1 Å². The van der Waals surface area contributed by atoms with Crippen molar-refractivity contribution in [1.82, 2.24) is 0 Å². The topological polar surface area (TPSA) is 158 Å². The average molecular weight is 440 g/mol. The molecule has 9 nitrogen and oxygen atoms in total. The second kappa shape index (κ2) is 7.00. The number of carboxylic acids is 4. The average Bonchev–Trinajstić information content (AvgIpc) is 2.63. The highest BCUT2D eigenvalue weighted by molar-refractivity contribution is 6.16. The van der Waals surface area contributed by atoms with E-state index < -0.39 is 80.9 Å². The van der Waals surface area contributed by atoms with Gasteiger partial charge in [-0.15, -0.1) is 0 Å². The molecule has 1 unspecified atom stereocenters. The second-order valence-electron chi connectivity index (χ2n) is 6.53. The Kier molecular flexibility index (Phi) is 4.88. The zero-order chi connectivity index (χ0) is 23.4. The van der Waals surface area contributed by atoms with E-state index in [2.05, 4.69) is 0 Å². The lowest BCUT2D eigenvalue weighted by Gasteiger charge is -2.33. The Hall–Kier alpha value is -4.09. The Balaban J connectivity index is 2.68. The van der Waals surface area contributed by atoms with Crippen molar-refractivity contribution >= 4 is 23.9 Å². The van der Waals surface area contributed by atoms with Gasteiger partial charge in [0.2, 0.25) is 0 Å². The lowest BCUT2D eigenvalue weighted by Crippen LogP contribution is -2.31. The Morgan fingerprint density at radius 3 is 1.74 bits per heavy atom. The minimum atomic E-state index is -5.21. The van der Waals surface area contributed by atoms with Gasteiger partial charge < -0.3 is 25.2 Å². The van der Waals surface area contributed by atoms with Crippen LogP contribution in [-0.2, 0) is 0 Å². The monoisotopic (exact) mass is 440 g/mol. The quantitative estimate of drug-likeness (QED) is 0.557. The summed E-state index contributed by atoms with van der Waals surface area (Å²) in [6.45, 7) is 1.35. The van der Waals surface area contributed by atoms with Gasteiger partial charge in [-0.25, -0.2) is 19.2 Å². The highest BCUT2D eigenvalue weighted by atomic mass is 19.4. The number of ether oxygens (including phenoxy) is 1. The van der Waals surface area contributed by atoms with Crippen molar-refractivity contribution in [1.29, 1.82) is 0 Å². The number of carbonyl (C=O) groups is 4. The lowest BCUT2D eigenvalue weighted by atomic mass is 9.79. The van der Waals surface area contributed by atoms with E-state index >= 15 is 0 Å². The van der Waals surface area contributed by atoms with Gasteiger partial charge in [0.1, 0.15) is 23.0 Å². The fraction of sp³-hybridized carbons (Fsp3) is 0.158. The summed E-state index contributed by atoms with van der Waals surface area (Å²) in [6.07, 6.45) is -5.21. The zero-order valence-corrected chi connectivity index (χ0v) is 15.3. The third-order valence-electron chi connectivity index (χ3n) is 4.72. The molecule has 0 spiro atoms. The molecule has 4 N–H and O–H groups in total. The molecule has 0 bridgehead atoms. The first-order chi connectivity index (χ1) is 14.3. The maximum atomic E-state index is 14.1. The molecule has 1 atom stereocenters. The molecule has 2 aromatic carbocycles. The number of halogens is 3. The SMILES string of the molecule is Cc1cccc2c1Oc1c(C(=O)O)c(C(=O)O)c(C(=O)O)c(C(=O)O)c1C2C(F)(F)F. The van der Waals surface area contributed by atoms with Crippen LogP contribution in [0.15, 0.2) is 18.2 Å². The van der Waals surface area contributed by atoms with E-state index in [4.69, 9.17) is 4.74 Å². The molecule has 2 aromatic rings. The summed E-state index contributed by atoms with van der Waals surface area (Å²) in [7, 11) is 0. The van der Waals surface area contributed by atoms with Crippen LogP contribution in [0.1, 0.15) is 64.0 Å². The smallest absolute Gasteiger partial charge is 0.399 e. The first kappa shape index (κ1) is 21.6. The second-order valence-corrected chi connectivity index (χ2v) is 6.53. The molecule has 31 heavy (non-hydrogen) atoms. The highest BCUT2D eigenvalue weighted by Crippen LogP contribution is 2.55. The number of alkyl halides is 3.